The SMILES string of the molecule is Cc1nn(-c2ccccc2)c(C)c1[C@@H]1NC(=S)N(C[C@H]2CCCO2)C1=O. The van der Waals surface area contributed by atoms with Crippen LogP contribution in [0, 0.1) is 13.8 Å². The van der Waals surface area contributed by atoms with E-state index in [9.17, 15) is 4.79 Å². The molecule has 2 aliphatic rings. The van der Waals surface area contributed by atoms with Crippen molar-refractivity contribution in [3.8, 4) is 5.69 Å². The molecule has 136 valence electrons. The minimum absolute atomic E-state index is 0.0238. The third-order valence-corrected chi connectivity index (χ3v) is 5.41. The summed E-state index contributed by atoms with van der Waals surface area (Å²) in [5, 5.41) is 8.31. The van der Waals surface area contributed by atoms with E-state index in [-0.39, 0.29) is 12.0 Å². The van der Waals surface area contributed by atoms with E-state index >= 15 is 0 Å². The van der Waals surface area contributed by atoms with Gasteiger partial charge in [0.2, 0.25) is 0 Å². The number of nitrogens with one attached hydrogen (secondary N) is 1. The highest BCUT2D eigenvalue weighted by Crippen LogP contribution is 2.29. The van der Waals surface area contributed by atoms with Crippen LogP contribution in [-0.2, 0) is 9.53 Å². The van der Waals surface area contributed by atoms with Gasteiger partial charge in [-0.1, -0.05) is 18.2 Å². The van der Waals surface area contributed by atoms with Gasteiger partial charge in [0.1, 0.15) is 6.04 Å². The third kappa shape index (κ3) is 2.91. The first kappa shape index (κ1) is 17.2. The molecule has 2 fully saturated rings. The summed E-state index contributed by atoms with van der Waals surface area (Å²) in [6.07, 6.45) is 2.09. The van der Waals surface area contributed by atoms with Crippen molar-refractivity contribution in [3.05, 3.63) is 47.3 Å². The largest absolute Gasteiger partial charge is 0.376 e. The Balaban J connectivity index is 1.63. The molecule has 1 N–H and O–H groups in total. The minimum atomic E-state index is -0.485. The van der Waals surface area contributed by atoms with Gasteiger partial charge in [0.15, 0.2) is 5.11 Å². The third-order valence-electron chi connectivity index (χ3n) is 5.07. The number of para-hydroxylation sites is 1. The van der Waals surface area contributed by atoms with Gasteiger partial charge in [0.25, 0.3) is 5.91 Å². The van der Waals surface area contributed by atoms with Crippen molar-refractivity contribution in [3.63, 3.8) is 0 Å². The first-order valence-electron chi connectivity index (χ1n) is 8.91. The van der Waals surface area contributed by atoms with Crippen molar-refractivity contribution < 1.29 is 9.53 Å². The van der Waals surface area contributed by atoms with Gasteiger partial charge in [-0.15, -0.1) is 0 Å². The van der Waals surface area contributed by atoms with E-state index < -0.39 is 6.04 Å². The predicted octanol–water partition coefficient (Wildman–Crippen LogP) is 2.43. The molecule has 2 atom stereocenters. The fourth-order valence-electron chi connectivity index (χ4n) is 3.77. The Kier molecular flexibility index (Phi) is 4.50. The second-order valence-corrected chi connectivity index (χ2v) is 7.18. The average Bonchev–Trinajstić information content (AvgIpc) is 3.32. The first-order valence-corrected chi connectivity index (χ1v) is 9.32. The molecule has 2 saturated heterocycles. The Bertz CT molecular complexity index is 843. The number of hydrogen-bond donors (Lipinski definition) is 1. The van der Waals surface area contributed by atoms with Crippen LogP contribution in [0.2, 0.25) is 0 Å². The number of aryl methyl sites for hydroxylation is 1. The van der Waals surface area contributed by atoms with Gasteiger partial charge in [-0.2, -0.15) is 5.10 Å². The fraction of sp³-hybridized carbons (Fsp3) is 0.421. The van der Waals surface area contributed by atoms with E-state index in [1.54, 1.807) is 4.90 Å². The molecule has 2 aromatic rings. The lowest BCUT2D eigenvalue weighted by atomic mass is 10.0. The van der Waals surface area contributed by atoms with Crippen LogP contribution in [0.25, 0.3) is 5.69 Å². The van der Waals surface area contributed by atoms with Crippen LogP contribution >= 0.6 is 12.2 Å². The maximum absolute atomic E-state index is 13.0. The summed E-state index contributed by atoms with van der Waals surface area (Å²) in [5.41, 5.74) is 3.65. The van der Waals surface area contributed by atoms with Crippen LogP contribution in [0.4, 0.5) is 0 Å². The average molecular weight is 370 g/mol. The summed E-state index contributed by atoms with van der Waals surface area (Å²) in [6, 6.07) is 9.44. The zero-order chi connectivity index (χ0) is 18.3. The molecule has 1 aromatic heterocycles. The molecule has 0 aliphatic carbocycles. The Hall–Kier alpha value is -2.25. The van der Waals surface area contributed by atoms with Crippen LogP contribution in [0.1, 0.15) is 35.8 Å². The van der Waals surface area contributed by atoms with Crippen molar-refractivity contribution in [2.24, 2.45) is 0 Å². The number of rotatable bonds is 4. The molecule has 1 aromatic carbocycles. The molecule has 4 rings (SSSR count). The molecular formula is C19H22N4O2S. The molecule has 0 unspecified atom stereocenters. The molecule has 6 nitrogen and oxygen atoms in total. The predicted molar refractivity (Wildman–Crippen MR) is 102 cm³/mol. The van der Waals surface area contributed by atoms with E-state index in [4.69, 9.17) is 17.0 Å². The van der Waals surface area contributed by atoms with Gasteiger partial charge in [0.05, 0.1) is 24.0 Å². The smallest absolute Gasteiger partial charge is 0.256 e. The summed E-state index contributed by atoms with van der Waals surface area (Å²) in [5.74, 6) is -0.0238. The Morgan fingerprint density at radius 2 is 2.08 bits per heavy atom. The number of hydrogen-bond acceptors (Lipinski definition) is 4. The van der Waals surface area contributed by atoms with E-state index in [0.29, 0.717) is 11.7 Å². The first-order chi connectivity index (χ1) is 12.6. The van der Waals surface area contributed by atoms with Gasteiger partial charge >= 0.3 is 0 Å². The van der Waals surface area contributed by atoms with Crippen LogP contribution in [-0.4, -0.2) is 45.0 Å². The number of ether oxygens (including phenoxy) is 1. The fourth-order valence-corrected chi connectivity index (χ4v) is 4.06. The van der Waals surface area contributed by atoms with Gasteiger partial charge in [-0.25, -0.2) is 4.68 Å². The molecule has 0 bridgehead atoms. The number of benzene rings is 1. The maximum Gasteiger partial charge on any atom is 0.256 e. The highest BCUT2D eigenvalue weighted by atomic mass is 32.1. The molecule has 0 radical (unpaired) electrons. The van der Waals surface area contributed by atoms with E-state index in [0.717, 1.165) is 42.1 Å². The number of amides is 1. The molecule has 0 saturated carbocycles. The minimum Gasteiger partial charge on any atom is -0.376 e. The van der Waals surface area contributed by atoms with Gasteiger partial charge in [-0.3, -0.25) is 9.69 Å². The van der Waals surface area contributed by atoms with E-state index in [2.05, 4.69) is 10.4 Å². The number of carbonyl (C=O) groups excluding carboxylic acids is 1. The van der Waals surface area contributed by atoms with Crippen molar-refractivity contribution in [1.82, 2.24) is 20.0 Å². The zero-order valence-corrected chi connectivity index (χ0v) is 15.8. The quantitative estimate of drug-likeness (QED) is 0.838. The lowest BCUT2D eigenvalue weighted by Gasteiger charge is -2.19. The maximum atomic E-state index is 13.0. The number of aromatic nitrogens is 2. The lowest BCUT2D eigenvalue weighted by Crippen LogP contribution is -2.37. The molecule has 3 heterocycles. The van der Waals surface area contributed by atoms with Crippen LogP contribution < -0.4 is 5.32 Å². The topological polar surface area (TPSA) is 59.4 Å². The highest BCUT2D eigenvalue weighted by molar-refractivity contribution is 7.80. The van der Waals surface area contributed by atoms with E-state index in [1.165, 1.54) is 0 Å². The molecule has 26 heavy (non-hydrogen) atoms. The molecule has 1 amide bonds. The standard InChI is InChI=1S/C19H22N4O2S/c1-12-16(13(2)23(21-12)14-7-4-3-5-8-14)17-18(24)22(19(26)20-17)11-15-9-6-10-25-15/h3-5,7-8,15,17H,6,9-11H2,1-2H3,(H,20,26)/t15-,17+/m1/s1. The Morgan fingerprint density at radius 3 is 2.77 bits per heavy atom. The normalized spacial score (nSPS) is 22.9. The number of carbonyl (C=O) groups is 1. The van der Waals surface area contributed by atoms with Crippen molar-refractivity contribution in [2.75, 3.05) is 13.2 Å². The molecular weight excluding hydrogens is 348 g/mol. The Labute approximate surface area is 158 Å². The molecule has 0 spiro atoms. The van der Waals surface area contributed by atoms with Gasteiger partial charge in [0, 0.05) is 17.9 Å². The number of thiocarbonyl (C=S) groups is 1. The summed E-state index contributed by atoms with van der Waals surface area (Å²) < 4.78 is 7.54. The van der Waals surface area contributed by atoms with Crippen molar-refractivity contribution in [2.45, 2.75) is 38.8 Å². The van der Waals surface area contributed by atoms with Crippen LogP contribution in [0.3, 0.4) is 0 Å². The van der Waals surface area contributed by atoms with Gasteiger partial charge in [-0.05, 0) is 51.0 Å². The Morgan fingerprint density at radius 1 is 1.31 bits per heavy atom. The molecule has 2 aliphatic heterocycles. The lowest BCUT2D eigenvalue weighted by molar-refractivity contribution is -0.128. The summed E-state index contributed by atoms with van der Waals surface area (Å²) in [4.78, 5) is 14.7. The highest BCUT2D eigenvalue weighted by Gasteiger charge is 2.40. The second-order valence-electron chi connectivity index (χ2n) is 6.80. The summed E-state index contributed by atoms with van der Waals surface area (Å²) >= 11 is 5.43. The van der Waals surface area contributed by atoms with Crippen molar-refractivity contribution >= 4 is 23.2 Å². The second kappa shape index (κ2) is 6.81. The van der Waals surface area contributed by atoms with Crippen LogP contribution in [0.15, 0.2) is 30.3 Å². The summed E-state index contributed by atoms with van der Waals surface area (Å²) in [6.45, 7) is 5.20. The molecule has 7 heteroatoms. The zero-order valence-electron chi connectivity index (χ0n) is 14.9. The summed E-state index contributed by atoms with van der Waals surface area (Å²) in [7, 11) is 0. The number of nitrogens with zero attached hydrogens (tertiary/aromatic N) is 3. The van der Waals surface area contributed by atoms with Crippen molar-refractivity contribution in [1.29, 1.82) is 0 Å². The monoisotopic (exact) mass is 370 g/mol. The van der Waals surface area contributed by atoms with Gasteiger partial charge < -0.3 is 10.1 Å². The van der Waals surface area contributed by atoms with Crippen LogP contribution in [0.5, 0.6) is 0 Å². The van der Waals surface area contributed by atoms with E-state index in [1.807, 2.05) is 48.9 Å².